The minimum absolute atomic E-state index is 0.392. The molecule has 0 amide bonds. The molecule has 1 heterocycles. The molecule has 0 aliphatic carbocycles. The Morgan fingerprint density at radius 3 is 2.44 bits per heavy atom. The fourth-order valence-electron chi connectivity index (χ4n) is 0.427. The van der Waals surface area contributed by atoms with E-state index in [0.717, 1.165) is 0 Å². The van der Waals surface area contributed by atoms with Crippen LogP contribution in [0.25, 0.3) is 0 Å². The molecule has 1 rings (SSSR count). The largest absolute Gasteiger partial charge is 0.298 e. The molecule has 0 aliphatic heterocycles. The molecule has 0 aromatic carbocycles. The van der Waals surface area contributed by atoms with E-state index in [2.05, 4.69) is 0 Å². The highest BCUT2D eigenvalue weighted by Crippen LogP contribution is 2.29. The van der Waals surface area contributed by atoms with Crippen LogP contribution in [-0.2, 0) is 0 Å². The van der Waals surface area contributed by atoms with Crippen LogP contribution in [0.4, 0.5) is 0 Å². The number of thiophene rings is 1. The van der Waals surface area contributed by atoms with E-state index in [1.165, 1.54) is 11.3 Å². The van der Waals surface area contributed by atoms with Crippen molar-refractivity contribution in [2.45, 2.75) is 0 Å². The molecule has 0 fully saturated rings. The van der Waals surface area contributed by atoms with Gasteiger partial charge in [0, 0.05) is 5.38 Å². The van der Waals surface area contributed by atoms with Crippen molar-refractivity contribution in [1.82, 2.24) is 0 Å². The molecule has 0 saturated heterocycles. The highest BCUT2D eigenvalue weighted by Gasteiger charge is 2.05. The first-order valence-electron chi connectivity index (χ1n) is 2.13. The molecule has 0 aliphatic rings. The molecular weight excluding hydrogens is 179 g/mol. The van der Waals surface area contributed by atoms with Crippen LogP contribution < -0.4 is 0 Å². The molecule has 0 radical (unpaired) electrons. The van der Waals surface area contributed by atoms with E-state index in [4.69, 9.17) is 23.2 Å². The summed E-state index contributed by atoms with van der Waals surface area (Å²) >= 11 is 12.3. The number of hydrogen-bond acceptors (Lipinski definition) is 2. The van der Waals surface area contributed by atoms with E-state index < -0.39 is 0 Å². The molecule has 0 bridgehead atoms. The predicted molar refractivity (Wildman–Crippen MR) is 39.7 cm³/mol. The topological polar surface area (TPSA) is 17.1 Å². The Morgan fingerprint density at radius 2 is 2.22 bits per heavy atom. The van der Waals surface area contributed by atoms with Gasteiger partial charge < -0.3 is 0 Å². The Balaban J connectivity index is 3.22. The average Bonchev–Trinajstić information content (AvgIpc) is 2.12. The second kappa shape index (κ2) is 2.69. The summed E-state index contributed by atoms with van der Waals surface area (Å²) in [5, 5.41) is 2.06. The first kappa shape index (κ1) is 7.06. The summed E-state index contributed by atoms with van der Waals surface area (Å²) in [6, 6.07) is 0. The number of hydrogen-bond donors (Lipinski definition) is 0. The first-order valence-corrected chi connectivity index (χ1v) is 3.77. The quantitative estimate of drug-likeness (QED) is 0.608. The van der Waals surface area contributed by atoms with Crippen LogP contribution in [-0.4, -0.2) is 6.29 Å². The van der Waals surface area contributed by atoms with Gasteiger partial charge in [-0.25, -0.2) is 0 Å². The molecule has 1 aromatic heterocycles. The highest BCUT2D eigenvalue weighted by atomic mass is 35.5. The predicted octanol–water partition coefficient (Wildman–Crippen LogP) is 2.87. The van der Waals surface area contributed by atoms with Crippen molar-refractivity contribution in [1.29, 1.82) is 0 Å². The monoisotopic (exact) mass is 180 g/mol. The maximum Gasteiger partial charge on any atom is 0.153 e. The Morgan fingerprint density at radius 1 is 1.56 bits per heavy atom. The highest BCUT2D eigenvalue weighted by molar-refractivity contribution is 7.15. The number of rotatable bonds is 1. The average molecular weight is 181 g/mol. The van der Waals surface area contributed by atoms with Gasteiger partial charge in [0.1, 0.15) is 4.34 Å². The van der Waals surface area contributed by atoms with Crippen LogP contribution in [0.5, 0.6) is 0 Å². The molecule has 0 spiro atoms. The third-order valence-corrected chi connectivity index (χ3v) is 2.55. The normalized spacial score (nSPS) is 9.56. The lowest BCUT2D eigenvalue weighted by Gasteiger charge is -1.81. The van der Waals surface area contributed by atoms with Gasteiger partial charge in [0.25, 0.3) is 0 Å². The summed E-state index contributed by atoms with van der Waals surface area (Å²) in [5.41, 5.74) is 0.392. The van der Waals surface area contributed by atoms with E-state index in [9.17, 15) is 4.79 Å². The van der Waals surface area contributed by atoms with Crippen molar-refractivity contribution < 1.29 is 4.79 Å². The van der Waals surface area contributed by atoms with Crippen LogP contribution >= 0.6 is 34.5 Å². The lowest BCUT2D eigenvalue weighted by Crippen LogP contribution is -1.72. The van der Waals surface area contributed by atoms with Crippen molar-refractivity contribution in [3.05, 3.63) is 20.3 Å². The minimum Gasteiger partial charge on any atom is -0.298 e. The second-order valence-electron chi connectivity index (χ2n) is 1.39. The van der Waals surface area contributed by atoms with E-state index in [0.29, 0.717) is 21.2 Å². The molecule has 1 aromatic rings. The van der Waals surface area contributed by atoms with Gasteiger partial charge in [0.15, 0.2) is 6.29 Å². The molecule has 9 heavy (non-hydrogen) atoms. The van der Waals surface area contributed by atoms with E-state index in [1.54, 1.807) is 5.38 Å². The van der Waals surface area contributed by atoms with Gasteiger partial charge in [-0.05, 0) is 0 Å². The third kappa shape index (κ3) is 1.26. The van der Waals surface area contributed by atoms with Crippen LogP contribution in [0.15, 0.2) is 5.38 Å². The fourth-order valence-corrected chi connectivity index (χ4v) is 1.70. The van der Waals surface area contributed by atoms with Crippen molar-refractivity contribution >= 4 is 40.8 Å². The van der Waals surface area contributed by atoms with Gasteiger partial charge in [-0.15, -0.1) is 11.3 Å². The van der Waals surface area contributed by atoms with Gasteiger partial charge in [-0.1, -0.05) is 23.2 Å². The summed E-state index contributed by atoms with van der Waals surface area (Å²) in [6.45, 7) is 0. The van der Waals surface area contributed by atoms with Gasteiger partial charge in [0.05, 0.1) is 10.6 Å². The smallest absolute Gasteiger partial charge is 0.153 e. The molecule has 0 atom stereocenters. The number of carbonyl (C=O) groups excluding carboxylic acids is 1. The number of carbonyl (C=O) groups is 1. The lowest BCUT2D eigenvalue weighted by atomic mass is 10.4. The van der Waals surface area contributed by atoms with Crippen LogP contribution in [0.3, 0.4) is 0 Å². The Labute approximate surface area is 66.2 Å². The van der Waals surface area contributed by atoms with E-state index in [1.807, 2.05) is 0 Å². The maximum absolute atomic E-state index is 10.1. The van der Waals surface area contributed by atoms with E-state index in [-0.39, 0.29) is 0 Å². The summed E-state index contributed by atoms with van der Waals surface area (Å²) < 4.78 is 0.454. The lowest BCUT2D eigenvalue weighted by molar-refractivity contribution is 0.112. The third-order valence-electron chi connectivity index (χ3n) is 0.853. The molecule has 0 unspecified atom stereocenters. The molecule has 1 nitrogen and oxygen atoms in total. The van der Waals surface area contributed by atoms with Crippen LogP contribution in [0.1, 0.15) is 10.4 Å². The van der Waals surface area contributed by atoms with E-state index >= 15 is 0 Å². The first-order chi connectivity index (χ1) is 4.25. The Hall–Kier alpha value is -0.0500. The zero-order valence-corrected chi connectivity index (χ0v) is 6.56. The summed E-state index contributed by atoms with van der Waals surface area (Å²) in [5.74, 6) is 0. The van der Waals surface area contributed by atoms with Gasteiger partial charge in [0.2, 0.25) is 0 Å². The molecule has 4 heteroatoms. The van der Waals surface area contributed by atoms with Crippen molar-refractivity contribution in [3.8, 4) is 0 Å². The second-order valence-corrected chi connectivity index (χ2v) is 3.28. The summed E-state index contributed by atoms with van der Waals surface area (Å²) in [6.07, 6.45) is 0.654. The van der Waals surface area contributed by atoms with Crippen molar-refractivity contribution in [3.63, 3.8) is 0 Å². The van der Waals surface area contributed by atoms with Crippen LogP contribution in [0.2, 0.25) is 9.36 Å². The zero-order valence-electron chi connectivity index (χ0n) is 4.23. The Kier molecular flexibility index (Phi) is 2.11. The summed E-state index contributed by atoms with van der Waals surface area (Å²) in [4.78, 5) is 10.1. The number of halogens is 2. The standard InChI is InChI=1S/C5H2Cl2OS/c6-4-2-9-5(7)3(4)1-8/h1-2H. The van der Waals surface area contributed by atoms with Crippen molar-refractivity contribution in [2.75, 3.05) is 0 Å². The Bertz CT molecular complexity index is 211. The molecule has 0 N–H and O–H groups in total. The zero-order chi connectivity index (χ0) is 6.85. The van der Waals surface area contributed by atoms with Crippen molar-refractivity contribution in [2.24, 2.45) is 0 Å². The molecular formula is C5H2Cl2OS. The van der Waals surface area contributed by atoms with Gasteiger partial charge in [-0.2, -0.15) is 0 Å². The van der Waals surface area contributed by atoms with Crippen LogP contribution in [0, 0.1) is 0 Å². The maximum atomic E-state index is 10.1. The van der Waals surface area contributed by atoms with Gasteiger partial charge in [-0.3, -0.25) is 4.79 Å². The molecule has 48 valence electrons. The minimum atomic E-state index is 0.392. The fraction of sp³-hybridized carbons (Fsp3) is 0. The SMILES string of the molecule is O=Cc1c(Cl)csc1Cl. The number of aldehydes is 1. The van der Waals surface area contributed by atoms with Gasteiger partial charge >= 0.3 is 0 Å². The summed E-state index contributed by atoms with van der Waals surface area (Å²) in [7, 11) is 0. The molecule has 0 saturated carbocycles.